The van der Waals surface area contributed by atoms with Gasteiger partial charge < -0.3 is 20.2 Å². The summed E-state index contributed by atoms with van der Waals surface area (Å²) in [5.74, 6) is 2.04. The highest BCUT2D eigenvalue weighted by atomic mass is 16.3. The second-order valence-electron chi connectivity index (χ2n) is 10.2. The normalized spacial score (nSPS) is 18.6. The van der Waals surface area contributed by atoms with E-state index < -0.39 is 11.5 Å². The smallest absolute Gasteiger partial charge is 0.277 e. The van der Waals surface area contributed by atoms with Gasteiger partial charge in [-0.1, -0.05) is 13.8 Å². The molecule has 1 amide bonds. The van der Waals surface area contributed by atoms with Gasteiger partial charge in [0, 0.05) is 24.5 Å². The van der Waals surface area contributed by atoms with E-state index >= 15 is 0 Å². The quantitative estimate of drug-likeness (QED) is 0.404. The van der Waals surface area contributed by atoms with Crippen LogP contribution in [0.4, 0.5) is 11.5 Å². The number of nitrogens with zero attached hydrogens (tertiary/aromatic N) is 4. The first-order valence-electron chi connectivity index (χ1n) is 12.4. The number of carbonyl (C=O) groups is 1. The minimum atomic E-state index is -1.21. The van der Waals surface area contributed by atoms with Gasteiger partial charge in [-0.25, -0.2) is 9.97 Å². The summed E-state index contributed by atoms with van der Waals surface area (Å²) in [7, 11) is 0. The topological polar surface area (TPSA) is 118 Å². The zero-order valence-electron chi connectivity index (χ0n) is 21.2. The maximum Gasteiger partial charge on any atom is 0.277 e. The molecule has 9 nitrogen and oxygen atoms in total. The van der Waals surface area contributed by atoms with E-state index in [0.717, 1.165) is 43.7 Å². The molecule has 0 spiro atoms. The number of rotatable bonds is 8. The molecule has 3 aromatic rings. The average Bonchev–Trinajstić information content (AvgIpc) is 3.47. The molecule has 4 rings (SSSR count). The zero-order chi connectivity index (χ0) is 25.2. The summed E-state index contributed by atoms with van der Waals surface area (Å²) < 4.78 is 7.48. The highest BCUT2D eigenvalue weighted by Gasteiger charge is 2.30. The van der Waals surface area contributed by atoms with Crippen LogP contribution in [0.5, 0.6) is 0 Å². The molecule has 3 aromatic heterocycles. The maximum atomic E-state index is 13.0. The second-order valence-corrected chi connectivity index (χ2v) is 10.2. The molecule has 0 aliphatic heterocycles. The number of hydrogen-bond donors (Lipinski definition) is 3. The van der Waals surface area contributed by atoms with Crippen LogP contribution >= 0.6 is 0 Å². The highest BCUT2D eigenvalue weighted by molar-refractivity contribution is 6.03. The Morgan fingerprint density at radius 2 is 2.03 bits per heavy atom. The molecule has 3 heterocycles. The zero-order valence-corrected chi connectivity index (χ0v) is 21.2. The summed E-state index contributed by atoms with van der Waals surface area (Å²) in [6.45, 7) is 10.6. The van der Waals surface area contributed by atoms with Crippen molar-refractivity contribution in [2.24, 2.45) is 11.8 Å². The largest absolute Gasteiger partial charge is 0.444 e. The SMILES string of the molecule is CCNc1cc(-c2nc(C(=O)Nc3cn([C@H]4CC[C@H](C(C)C)CC4)nc3C(C)(C)O)co2)ccn1. The molecule has 0 saturated heterocycles. The van der Waals surface area contributed by atoms with Gasteiger partial charge in [0.05, 0.1) is 11.7 Å². The van der Waals surface area contributed by atoms with Gasteiger partial charge in [0.15, 0.2) is 5.69 Å². The van der Waals surface area contributed by atoms with Crippen LogP contribution < -0.4 is 10.6 Å². The summed E-state index contributed by atoms with van der Waals surface area (Å²) in [4.78, 5) is 21.6. The van der Waals surface area contributed by atoms with Gasteiger partial charge in [0.2, 0.25) is 5.89 Å². The predicted molar refractivity (Wildman–Crippen MR) is 135 cm³/mol. The van der Waals surface area contributed by atoms with Crippen molar-refractivity contribution in [3.63, 3.8) is 0 Å². The fourth-order valence-corrected chi connectivity index (χ4v) is 4.69. The fraction of sp³-hybridized carbons (Fsp3) is 0.538. The maximum absolute atomic E-state index is 13.0. The minimum Gasteiger partial charge on any atom is -0.444 e. The van der Waals surface area contributed by atoms with Crippen molar-refractivity contribution in [1.82, 2.24) is 19.7 Å². The monoisotopic (exact) mass is 480 g/mol. The van der Waals surface area contributed by atoms with Crippen molar-refractivity contribution in [2.75, 3.05) is 17.2 Å². The third kappa shape index (κ3) is 5.73. The summed E-state index contributed by atoms with van der Waals surface area (Å²) in [6.07, 6.45) is 9.22. The van der Waals surface area contributed by atoms with Gasteiger partial charge in [-0.15, -0.1) is 0 Å². The number of aromatic nitrogens is 4. The molecular weight excluding hydrogens is 444 g/mol. The molecule has 3 N–H and O–H groups in total. The Kier molecular flexibility index (Phi) is 7.25. The minimum absolute atomic E-state index is 0.147. The van der Waals surface area contributed by atoms with Crippen molar-refractivity contribution in [1.29, 1.82) is 0 Å². The van der Waals surface area contributed by atoms with Gasteiger partial charge in [-0.3, -0.25) is 9.48 Å². The van der Waals surface area contributed by atoms with Crippen LogP contribution in [-0.4, -0.2) is 37.3 Å². The first kappa shape index (κ1) is 24.9. The third-order valence-corrected chi connectivity index (χ3v) is 6.72. The Bertz CT molecular complexity index is 1150. The molecule has 9 heteroatoms. The molecule has 0 radical (unpaired) electrons. The molecule has 0 aromatic carbocycles. The number of amides is 1. The number of hydrogen-bond acceptors (Lipinski definition) is 7. The summed E-state index contributed by atoms with van der Waals surface area (Å²) in [6, 6.07) is 3.85. The van der Waals surface area contributed by atoms with E-state index in [1.807, 2.05) is 23.9 Å². The summed E-state index contributed by atoms with van der Waals surface area (Å²) in [5, 5.41) is 21.5. The fourth-order valence-electron chi connectivity index (χ4n) is 4.69. The van der Waals surface area contributed by atoms with E-state index in [-0.39, 0.29) is 11.7 Å². The second kappa shape index (κ2) is 10.2. The van der Waals surface area contributed by atoms with E-state index in [0.29, 0.717) is 29.0 Å². The lowest BCUT2D eigenvalue weighted by Crippen LogP contribution is -2.23. The van der Waals surface area contributed by atoms with Crippen LogP contribution in [-0.2, 0) is 5.60 Å². The summed E-state index contributed by atoms with van der Waals surface area (Å²) >= 11 is 0. The molecule has 0 atom stereocenters. The Balaban J connectivity index is 1.52. The predicted octanol–water partition coefficient (Wildman–Crippen LogP) is 5.23. The molecule has 0 unspecified atom stereocenters. The number of carbonyl (C=O) groups excluding carboxylic acids is 1. The number of nitrogens with one attached hydrogen (secondary N) is 2. The Labute approximate surface area is 206 Å². The highest BCUT2D eigenvalue weighted by Crippen LogP contribution is 2.37. The van der Waals surface area contributed by atoms with Crippen LogP contribution in [0.25, 0.3) is 11.5 Å². The van der Waals surface area contributed by atoms with Gasteiger partial charge in [-0.05, 0) is 70.4 Å². The summed E-state index contributed by atoms with van der Waals surface area (Å²) in [5.41, 5.74) is 0.574. The van der Waals surface area contributed by atoms with Crippen LogP contribution in [0.2, 0.25) is 0 Å². The van der Waals surface area contributed by atoms with Crippen molar-refractivity contribution >= 4 is 17.4 Å². The van der Waals surface area contributed by atoms with Crippen molar-refractivity contribution in [2.45, 2.75) is 71.9 Å². The molecule has 1 aliphatic carbocycles. The van der Waals surface area contributed by atoms with Crippen LogP contribution in [0.15, 0.2) is 35.2 Å². The first-order valence-corrected chi connectivity index (χ1v) is 12.4. The van der Waals surface area contributed by atoms with E-state index in [1.165, 1.54) is 6.26 Å². The number of pyridine rings is 1. The number of oxazole rings is 1. The van der Waals surface area contributed by atoms with Gasteiger partial charge in [-0.2, -0.15) is 5.10 Å². The lowest BCUT2D eigenvalue weighted by atomic mass is 9.80. The van der Waals surface area contributed by atoms with Crippen LogP contribution in [0, 0.1) is 11.8 Å². The van der Waals surface area contributed by atoms with Gasteiger partial charge in [0.25, 0.3) is 5.91 Å². The van der Waals surface area contributed by atoms with Gasteiger partial charge in [0.1, 0.15) is 23.4 Å². The Morgan fingerprint density at radius 1 is 1.29 bits per heavy atom. The van der Waals surface area contributed by atoms with Crippen molar-refractivity contribution in [3.05, 3.63) is 42.2 Å². The first-order chi connectivity index (χ1) is 16.7. The Hall–Kier alpha value is -3.20. The molecule has 1 saturated carbocycles. The van der Waals surface area contributed by atoms with E-state index in [4.69, 9.17) is 9.52 Å². The number of anilines is 2. The third-order valence-electron chi connectivity index (χ3n) is 6.72. The molecule has 188 valence electrons. The lowest BCUT2D eigenvalue weighted by molar-refractivity contribution is 0.0729. The molecular formula is C26H36N6O3. The van der Waals surface area contributed by atoms with Crippen LogP contribution in [0.1, 0.15) is 82.5 Å². The van der Waals surface area contributed by atoms with Crippen molar-refractivity contribution < 1.29 is 14.3 Å². The Morgan fingerprint density at radius 3 is 2.69 bits per heavy atom. The van der Waals surface area contributed by atoms with Crippen molar-refractivity contribution in [3.8, 4) is 11.5 Å². The van der Waals surface area contributed by atoms with Gasteiger partial charge >= 0.3 is 0 Å². The van der Waals surface area contributed by atoms with Crippen LogP contribution in [0.3, 0.4) is 0 Å². The molecule has 1 aliphatic rings. The molecule has 0 bridgehead atoms. The average molecular weight is 481 g/mol. The van der Waals surface area contributed by atoms with E-state index in [9.17, 15) is 9.90 Å². The standard InChI is InChI=1S/C26H36N6O3/c1-6-27-22-13-18(11-12-28-22)25-30-21(15-35-25)24(33)29-20-14-32(31-23(20)26(4,5)34)19-9-7-17(8-10-19)16(2)3/h11-17,19,34H,6-10H2,1-5H3,(H,27,28)(H,29,33)/t17-,19-. The molecule has 35 heavy (non-hydrogen) atoms. The van der Waals surface area contributed by atoms with E-state index in [1.54, 1.807) is 26.1 Å². The lowest BCUT2D eigenvalue weighted by Gasteiger charge is -2.31. The molecule has 1 fully saturated rings. The number of aliphatic hydroxyl groups is 1. The van der Waals surface area contributed by atoms with E-state index in [2.05, 4.69) is 34.4 Å².